The lowest BCUT2D eigenvalue weighted by Gasteiger charge is -2.29. The molecule has 0 unspecified atom stereocenters. The number of nitrogen functional groups attached to an aromatic ring is 2. The van der Waals surface area contributed by atoms with Gasteiger partial charge in [-0.15, -0.1) is 0 Å². The third-order valence-corrected chi connectivity index (χ3v) is 5.65. The Kier molecular flexibility index (Phi) is 6.55. The monoisotopic (exact) mass is 384 g/mol. The zero-order valence-corrected chi connectivity index (χ0v) is 16.4. The smallest absolute Gasteiger partial charge is 0.343 e. The second-order valence-electron chi connectivity index (χ2n) is 7.82. The molecule has 3 rings (SSSR count). The molecule has 4 N–H and O–H groups in total. The van der Waals surface area contributed by atoms with Crippen LogP contribution in [0.5, 0.6) is 5.75 Å². The van der Waals surface area contributed by atoms with Crippen LogP contribution in [0.25, 0.3) is 0 Å². The Morgan fingerprint density at radius 2 is 1.75 bits per heavy atom. The predicted octanol–water partition coefficient (Wildman–Crippen LogP) is 5.67. The number of nitrogens with two attached hydrogens (primary N) is 2. The van der Waals surface area contributed by atoms with Gasteiger partial charge in [0, 0.05) is 17.4 Å². The first kappa shape index (κ1) is 20.2. The molecule has 2 aromatic carbocycles. The van der Waals surface area contributed by atoms with Gasteiger partial charge in [-0.05, 0) is 67.3 Å². The van der Waals surface area contributed by atoms with Gasteiger partial charge in [0.05, 0.1) is 5.56 Å². The van der Waals surface area contributed by atoms with Crippen LogP contribution in [0, 0.1) is 11.7 Å². The van der Waals surface area contributed by atoms with E-state index in [1.165, 1.54) is 37.5 Å². The number of esters is 1. The van der Waals surface area contributed by atoms with Gasteiger partial charge < -0.3 is 16.2 Å². The fourth-order valence-corrected chi connectivity index (χ4v) is 4.12. The van der Waals surface area contributed by atoms with Crippen LogP contribution < -0.4 is 16.2 Å². The fourth-order valence-electron chi connectivity index (χ4n) is 4.12. The van der Waals surface area contributed by atoms with Gasteiger partial charge in [-0.3, -0.25) is 0 Å². The maximum atomic E-state index is 14.7. The third kappa shape index (κ3) is 5.03. The molecule has 0 bridgehead atoms. The van der Waals surface area contributed by atoms with E-state index >= 15 is 0 Å². The first-order valence-electron chi connectivity index (χ1n) is 10.1. The van der Waals surface area contributed by atoms with Gasteiger partial charge in [0.25, 0.3) is 0 Å². The lowest BCUT2D eigenvalue weighted by Crippen LogP contribution is -2.15. The van der Waals surface area contributed by atoms with Gasteiger partial charge in [-0.2, -0.15) is 0 Å². The second-order valence-corrected chi connectivity index (χ2v) is 7.82. The van der Waals surface area contributed by atoms with Crippen LogP contribution in [0.1, 0.15) is 73.7 Å². The number of carbonyl (C=O) groups is 1. The summed E-state index contributed by atoms with van der Waals surface area (Å²) in [5.41, 5.74) is 13.1. The lowest BCUT2D eigenvalue weighted by atomic mass is 9.77. The van der Waals surface area contributed by atoms with Crippen molar-refractivity contribution in [1.29, 1.82) is 0 Å². The molecule has 0 amide bonds. The third-order valence-electron chi connectivity index (χ3n) is 5.65. The molecule has 0 spiro atoms. The Hall–Kier alpha value is -2.56. The molecule has 150 valence electrons. The van der Waals surface area contributed by atoms with Gasteiger partial charge >= 0.3 is 5.97 Å². The van der Waals surface area contributed by atoms with Crippen molar-refractivity contribution in [3.63, 3.8) is 0 Å². The largest absolute Gasteiger partial charge is 0.423 e. The Morgan fingerprint density at radius 1 is 1.07 bits per heavy atom. The molecule has 0 aromatic heterocycles. The van der Waals surface area contributed by atoms with E-state index in [1.807, 2.05) is 0 Å². The van der Waals surface area contributed by atoms with E-state index in [4.69, 9.17) is 16.2 Å². The molecule has 5 heteroatoms. The molecule has 0 atom stereocenters. The van der Waals surface area contributed by atoms with Crippen molar-refractivity contribution in [2.24, 2.45) is 5.92 Å². The molecule has 1 saturated carbocycles. The molecular weight excluding hydrogens is 355 g/mol. The fraction of sp³-hybridized carbons (Fsp3) is 0.435. The highest BCUT2D eigenvalue weighted by atomic mass is 19.1. The van der Waals surface area contributed by atoms with Crippen molar-refractivity contribution in [1.82, 2.24) is 0 Å². The number of halogens is 1. The number of ether oxygens (including phenoxy) is 1. The van der Waals surface area contributed by atoms with E-state index < -0.39 is 5.97 Å². The molecule has 0 radical (unpaired) electrons. The number of hydrogen-bond donors (Lipinski definition) is 2. The number of benzene rings is 2. The molecule has 0 aliphatic heterocycles. The molecule has 2 aromatic rings. The number of anilines is 2. The Balaban J connectivity index is 1.63. The van der Waals surface area contributed by atoms with Crippen LogP contribution >= 0.6 is 0 Å². The van der Waals surface area contributed by atoms with Gasteiger partial charge in [-0.1, -0.05) is 32.3 Å². The minimum absolute atomic E-state index is 0.184. The van der Waals surface area contributed by atoms with E-state index in [0.29, 0.717) is 11.4 Å². The van der Waals surface area contributed by atoms with Gasteiger partial charge in [0.1, 0.15) is 11.6 Å². The number of rotatable bonds is 6. The van der Waals surface area contributed by atoms with Crippen LogP contribution in [0.2, 0.25) is 0 Å². The van der Waals surface area contributed by atoms with Crippen LogP contribution in [0.4, 0.5) is 15.8 Å². The molecule has 1 fully saturated rings. The molecule has 28 heavy (non-hydrogen) atoms. The molecule has 0 saturated heterocycles. The first-order chi connectivity index (χ1) is 13.5. The van der Waals surface area contributed by atoms with Crippen LogP contribution in [-0.4, -0.2) is 5.97 Å². The summed E-state index contributed by atoms with van der Waals surface area (Å²) in [7, 11) is 0. The molecule has 0 heterocycles. The van der Waals surface area contributed by atoms with Crippen molar-refractivity contribution in [2.75, 3.05) is 11.5 Å². The lowest BCUT2D eigenvalue weighted by molar-refractivity contribution is 0.0734. The van der Waals surface area contributed by atoms with Gasteiger partial charge in [0.2, 0.25) is 0 Å². The molecule has 1 aliphatic carbocycles. The number of unbranched alkanes of at least 4 members (excludes halogenated alkanes) is 1. The zero-order valence-electron chi connectivity index (χ0n) is 16.4. The van der Waals surface area contributed by atoms with Crippen molar-refractivity contribution >= 4 is 17.3 Å². The van der Waals surface area contributed by atoms with Gasteiger partial charge in [0.15, 0.2) is 0 Å². The average Bonchev–Trinajstić information content (AvgIpc) is 2.66. The standard InChI is InChI=1S/C23H29FN2O2/c1-2-3-4-15-5-7-16(8-6-15)21-10-9-20(14-22(21)24)28-23(27)17-11-18(25)13-19(26)12-17/h9-16H,2-8,25-26H2,1H3. The summed E-state index contributed by atoms with van der Waals surface area (Å²) in [6, 6.07) is 9.24. The maximum absolute atomic E-state index is 14.7. The maximum Gasteiger partial charge on any atom is 0.343 e. The zero-order chi connectivity index (χ0) is 20.1. The van der Waals surface area contributed by atoms with E-state index in [9.17, 15) is 9.18 Å². The van der Waals surface area contributed by atoms with Crippen LogP contribution in [-0.2, 0) is 0 Å². The summed E-state index contributed by atoms with van der Waals surface area (Å²) in [6.07, 6.45) is 8.17. The highest BCUT2D eigenvalue weighted by molar-refractivity contribution is 5.93. The van der Waals surface area contributed by atoms with E-state index in [0.717, 1.165) is 37.2 Å². The summed E-state index contributed by atoms with van der Waals surface area (Å²) < 4.78 is 20.0. The average molecular weight is 384 g/mol. The Bertz CT molecular complexity index is 809. The quantitative estimate of drug-likeness (QED) is 0.382. The highest BCUT2D eigenvalue weighted by Gasteiger charge is 2.24. The Labute approximate surface area is 166 Å². The van der Waals surface area contributed by atoms with Crippen LogP contribution in [0.15, 0.2) is 36.4 Å². The molecule has 4 nitrogen and oxygen atoms in total. The van der Waals surface area contributed by atoms with Crippen molar-refractivity contribution in [3.05, 3.63) is 53.3 Å². The summed E-state index contributed by atoms with van der Waals surface area (Å²) in [4.78, 5) is 12.3. The van der Waals surface area contributed by atoms with Crippen molar-refractivity contribution < 1.29 is 13.9 Å². The van der Waals surface area contributed by atoms with Crippen molar-refractivity contribution in [2.45, 2.75) is 57.8 Å². The molecule has 1 aliphatic rings. The van der Waals surface area contributed by atoms with E-state index in [1.54, 1.807) is 18.2 Å². The summed E-state index contributed by atoms with van der Waals surface area (Å²) in [5.74, 6) is 0.294. The summed E-state index contributed by atoms with van der Waals surface area (Å²) in [6.45, 7) is 2.22. The first-order valence-corrected chi connectivity index (χ1v) is 10.1. The summed E-state index contributed by atoms with van der Waals surface area (Å²) in [5, 5.41) is 0. The van der Waals surface area contributed by atoms with Gasteiger partial charge in [-0.25, -0.2) is 9.18 Å². The normalized spacial score (nSPS) is 19.4. The molecular formula is C23H29FN2O2. The minimum Gasteiger partial charge on any atom is -0.423 e. The second kappa shape index (κ2) is 9.09. The summed E-state index contributed by atoms with van der Waals surface area (Å²) >= 11 is 0. The topological polar surface area (TPSA) is 78.3 Å². The highest BCUT2D eigenvalue weighted by Crippen LogP contribution is 2.39. The van der Waals surface area contributed by atoms with Crippen LogP contribution in [0.3, 0.4) is 0 Å². The SMILES string of the molecule is CCCCC1CCC(c2ccc(OC(=O)c3cc(N)cc(N)c3)cc2F)CC1. The number of carbonyl (C=O) groups excluding carboxylic acids is 1. The van der Waals surface area contributed by atoms with Crippen molar-refractivity contribution in [3.8, 4) is 5.75 Å². The van der Waals surface area contributed by atoms with E-state index in [-0.39, 0.29) is 23.0 Å². The minimum atomic E-state index is -0.609. The number of hydrogen-bond acceptors (Lipinski definition) is 4. The Morgan fingerprint density at radius 3 is 2.36 bits per heavy atom. The van der Waals surface area contributed by atoms with E-state index in [2.05, 4.69) is 6.92 Å². The predicted molar refractivity (Wildman–Crippen MR) is 111 cm³/mol.